The molecule has 0 saturated carbocycles. The third-order valence-corrected chi connectivity index (χ3v) is 3.78. The minimum Gasteiger partial charge on any atom is -0.327 e. The molecule has 0 radical (unpaired) electrons. The van der Waals surface area contributed by atoms with Gasteiger partial charge in [-0.15, -0.1) is 0 Å². The Bertz CT molecular complexity index is 557. The van der Waals surface area contributed by atoms with Crippen molar-refractivity contribution in [2.75, 3.05) is 0 Å². The highest BCUT2D eigenvalue weighted by Gasteiger charge is 2.12. The van der Waals surface area contributed by atoms with Crippen LogP contribution in [0.2, 0.25) is 0 Å². The Morgan fingerprint density at radius 1 is 1.15 bits per heavy atom. The maximum atomic E-state index is 6.12. The van der Waals surface area contributed by atoms with Gasteiger partial charge in [0.25, 0.3) is 0 Å². The van der Waals surface area contributed by atoms with Crippen LogP contribution in [-0.2, 0) is 19.3 Å². The molecule has 1 atom stereocenters. The first-order chi connectivity index (χ1) is 9.69. The number of aromatic nitrogens is 2. The van der Waals surface area contributed by atoms with Crippen LogP contribution in [0.3, 0.4) is 0 Å². The van der Waals surface area contributed by atoms with Gasteiger partial charge in [-0.2, -0.15) is 5.10 Å². The number of rotatable bonds is 6. The number of hydrogen-bond acceptors (Lipinski definition) is 2. The third kappa shape index (κ3) is 3.10. The van der Waals surface area contributed by atoms with Crippen molar-refractivity contribution in [3.63, 3.8) is 0 Å². The SMILES string of the molecule is CCc1cc(CC)n(-c2ccccc2CC(N)CC)n1. The Kier molecular flexibility index (Phi) is 4.96. The summed E-state index contributed by atoms with van der Waals surface area (Å²) in [6, 6.07) is 10.9. The average Bonchev–Trinajstić information content (AvgIpc) is 2.91. The van der Waals surface area contributed by atoms with Gasteiger partial charge in [-0.3, -0.25) is 0 Å². The molecule has 3 heteroatoms. The van der Waals surface area contributed by atoms with Crippen molar-refractivity contribution >= 4 is 0 Å². The summed E-state index contributed by atoms with van der Waals surface area (Å²) < 4.78 is 2.09. The minimum atomic E-state index is 0.211. The number of nitrogens with zero attached hydrogens (tertiary/aromatic N) is 2. The summed E-state index contributed by atoms with van der Waals surface area (Å²) in [4.78, 5) is 0. The standard InChI is InChI=1S/C17H25N3/c1-4-14(18)11-13-9-7-8-10-17(13)20-16(6-3)12-15(5-2)19-20/h7-10,12,14H,4-6,11,18H2,1-3H3. The molecule has 2 aromatic rings. The van der Waals surface area contributed by atoms with E-state index in [1.165, 1.54) is 16.9 Å². The van der Waals surface area contributed by atoms with Crippen LogP contribution in [0, 0.1) is 0 Å². The summed E-state index contributed by atoms with van der Waals surface area (Å²) in [5, 5.41) is 4.74. The topological polar surface area (TPSA) is 43.8 Å². The van der Waals surface area contributed by atoms with Gasteiger partial charge >= 0.3 is 0 Å². The smallest absolute Gasteiger partial charge is 0.0681 e. The highest BCUT2D eigenvalue weighted by atomic mass is 15.3. The summed E-state index contributed by atoms with van der Waals surface area (Å²) in [7, 11) is 0. The van der Waals surface area contributed by atoms with Gasteiger partial charge < -0.3 is 5.73 Å². The number of benzene rings is 1. The lowest BCUT2D eigenvalue weighted by Gasteiger charge is -2.15. The van der Waals surface area contributed by atoms with Crippen molar-refractivity contribution in [2.24, 2.45) is 5.73 Å². The van der Waals surface area contributed by atoms with E-state index in [-0.39, 0.29) is 6.04 Å². The number of para-hydroxylation sites is 1. The molecule has 2 rings (SSSR count). The number of hydrogen-bond donors (Lipinski definition) is 1. The molecule has 0 fully saturated rings. The highest BCUT2D eigenvalue weighted by molar-refractivity contribution is 5.42. The van der Waals surface area contributed by atoms with E-state index in [1.54, 1.807) is 0 Å². The molecule has 0 aliphatic rings. The van der Waals surface area contributed by atoms with E-state index in [4.69, 9.17) is 10.8 Å². The predicted octanol–water partition coefficient (Wildman–Crippen LogP) is 3.28. The van der Waals surface area contributed by atoms with Crippen LogP contribution in [0.4, 0.5) is 0 Å². The van der Waals surface area contributed by atoms with E-state index >= 15 is 0 Å². The van der Waals surface area contributed by atoms with E-state index in [9.17, 15) is 0 Å². The van der Waals surface area contributed by atoms with E-state index in [0.717, 1.165) is 31.4 Å². The Morgan fingerprint density at radius 2 is 1.90 bits per heavy atom. The fraction of sp³-hybridized carbons (Fsp3) is 0.471. The van der Waals surface area contributed by atoms with Crippen molar-refractivity contribution < 1.29 is 0 Å². The molecule has 1 aromatic heterocycles. The summed E-state index contributed by atoms with van der Waals surface area (Å²) in [5.74, 6) is 0. The Labute approximate surface area is 121 Å². The molecular weight excluding hydrogens is 246 g/mol. The van der Waals surface area contributed by atoms with Crippen molar-refractivity contribution in [2.45, 2.75) is 52.5 Å². The first kappa shape index (κ1) is 14.8. The fourth-order valence-electron chi connectivity index (χ4n) is 2.43. The van der Waals surface area contributed by atoms with Gasteiger partial charge in [0, 0.05) is 11.7 Å². The van der Waals surface area contributed by atoms with Gasteiger partial charge in [0.05, 0.1) is 11.4 Å². The lowest BCUT2D eigenvalue weighted by molar-refractivity contribution is 0.641. The second kappa shape index (κ2) is 6.71. The first-order valence-corrected chi connectivity index (χ1v) is 7.61. The van der Waals surface area contributed by atoms with Crippen LogP contribution in [0.25, 0.3) is 5.69 Å². The summed E-state index contributed by atoms with van der Waals surface area (Å²) in [5.41, 5.74) is 11.0. The van der Waals surface area contributed by atoms with Crippen molar-refractivity contribution in [3.8, 4) is 5.69 Å². The number of nitrogens with two attached hydrogens (primary N) is 1. The van der Waals surface area contributed by atoms with Crippen LogP contribution in [0.1, 0.15) is 44.1 Å². The molecule has 0 aliphatic carbocycles. The Hall–Kier alpha value is -1.61. The summed E-state index contributed by atoms with van der Waals surface area (Å²) >= 11 is 0. The summed E-state index contributed by atoms with van der Waals surface area (Å²) in [6.07, 6.45) is 3.85. The maximum Gasteiger partial charge on any atom is 0.0681 e. The van der Waals surface area contributed by atoms with Gasteiger partial charge in [0.2, 0.25) is 0 Å². The molecule has 3 nitrogen and oxygen atoms in total. The predicted molar refractivity (Wildman–Crippen MR) is 84.3 cm³/mol. The molecule has 2 N–H and O–H groups in total. The van der Waals surface area contributed by atoms with Crippen molar-refractivity contribution in [1.29, 1.82) is 0 Å². The monoisotopic (exact) mass is 271 g/mol. The van der Waals surface area contributed by atoms with Crippen molar-refractivity contribution in [1.82, 2.24) is 9.78 Å². The minimum absolute atomic E-state index is 0.211. The van der Waals surface area contributed by atoms with Crippen LogP contribution in [0.5, 0.6) is 0 Å². The van der Waals surface area contributed by atoms with E-state index in [2.05, 4.69) is 55.8 Å². The number of aryl methyl sites for hydroxylation is 2. The van der Waals surface area contributed by atoms with E-state index in [1.807, 2.05) is 0 Å². The second-order valence-electron chi connectivity index (χ2n) is 5.25. The van der Waals surface area contributed by atoms with Crippen LogP contribution < -0.4 is 5.73 Å². The molecule has 0 aliphatic heterocycles. The zero-order valence-corrected chi connectivity index (χ0v) is 12.8. The van der Waals surface area contributed by atoms with Crippen LogP contribution in [0.15, 0.2) is 30.3 Å². The molecule has 1 aromatic carbocycles. The quantitative estimate of drug-likeness (QED) is 0.876. The summed E-state index contributed by atoms with van der Waals surface area (Å²) in [6.45, 7) is 6.45. The largest absolute Gasteiger partial charge is 0.327 e. The van der Waals surface area contributed by atoms with Crippen LogP contribution in [-0.4, -0.2) is 15.8 Å². The molecule has 0 bridgehead atoms. The molecule has 1 unspecified atom stereocenters. The normalized spacial score (nSPS) is 12.6. The van der Waals surface area contributed by atoms with Gasteiger partial charge in [0.1, 0.15) is 0 Å². The van der Waals surface area contributed by atoms with Gasteiger partial charge in [-0.25, -0.2) is 4.68 Å². The van der Waals surface area contributed by atoms with Gasteiger partial charge in [0.15, 0.2) is 0 Å². The molecule has 1 heterocycles. The Morgan fingerprint density at radius 3 is 2.55 bits per heavy atom. The van der Waals surface area contributed by atoms with Crippen molar-refractivity contribution in [3.05, 3.63) is 47.3 Å². The fourth-order valence-corrected chi connectivity index (χ4v) is 2.43. The lowest BCUT2D eigenvalue weighted by atomic mass is 10.0. The molecule has 0 amide bonds. The van der Waals surface area contributed by atoms with Gasteiger partial charge in [-0.05, 0) is 43.4 Å². The van der Waals surface area contributed by atoms with Crippen LogP contribution >= 0.6 is 0 Å². The highest BCUT2D eigenvalue weighted by Crippen LogP contribution is 2.19. The lowest BCUT2D eigenvalue weighted by Crippen LogP contribution is -2.22. The molecule has 0 saturated heterocycles. The molecular formula is C17H25N3. The van der Waals surface area contributed by atoms with E-state index < -0.39 is 0 Å². The first-order valence-electron chi connectivity index (χ1n) is 7.61. The zero-order chi connectivity index (χ0) is 14.5. The zero-order valence-electron chi connectivity index (χ0n) is 12.8. The average molecular weight is 271 g/mol. The maximum absolute atomic E-state index is 6.12. The molecule has 108 valence electrons. The molecule has 20 heavy (non-hydrogen) atoms. The molecule has 0 spiro atoms. The Balaban J connectivity index is 2.44. The second-order valence-corrected chi connectivity index (χ2v) is 5.25. The van der Waals surface area contributed by atoms with Gasteiger partial charge in [-0.1, -0.05) is 39.0 Å². The third-order valence-electron chi connectivity index (χ3n) is 3.78. The van der Waals surface area contributed by atoms with E-state index in [0.29, 0.717) is 0 Å².